The highest BCUT2D eigenvalue weighted by molar-refractivity contribution is 5.94. The van der Waals surface area contributed by atoms with Crippen LogP contribution in [0.3, 0.4) is 0 Å². The molecule has 0 radical (unpaired) electrons. The van der Waals surface area contributed by atoms with Crippen molar-refractivity contribution < 1.29 is 9.53 Å². The number of ether oxygens (including phenoxy) is 1. The van der Waals surface area contributed by atoms with Gasteiger partial charge in [-0.05, 0) is 29.5 Å². The van der Waals surface area contributed by atoms with Gasteiger partial charge in [-0.2, -0.15) is 0 Å². The molecule has 1 amide bonds. The van der Waals surface area contributed by atoms with E-state index in [9.17, 15) is 4.79 Å². The summed E-state index contributed by atoms with van der Waals surface area (Å²) in [5.74, 6) is 0.124. The summed E-state index contributed by atoms with van der Waals surface area (Å²) in [7, 11) is 0. The number of amides is 1. The van der Waals surface area contributed by atoms with Crippen molar-refractivity contribution in [3.8, 4) is 0 Å². The van der Waals surface area contributed by atoms with E-state index in [2.05, 4.69) is 24.8 Å². The SMILES string of the molecule is CC1(C)CN(C(=O)c2cccc(CN3CCOCC3)c2)CCC1N.Cl.Cl. The number of benzene rings is 1. The van der Waals surface area contributed by atoms with Gasteiger partial charge in [-0.25, -0.2) is 0 Å². The van der Waals surface area contributed by atoms with Crippen LogP contribution in [0, 0.1) is 5.41 Å². The highest BCUT2D eigenvalue weighted by Gasteiger charge is 2.35. The van der Waals surface area contributed by atoms with E-state index in [1.165, 1.54) is 5.56 Å². The van der Waals surface area contributed by atoms with Gasteiger partial charge in [0.25, 0.3) is 5.91 Å². The van der Waals surface area contributed by atoms with Crippen LogP contribution < -0.4 is 5.73 Å². The molecular weight excluding hydrogens is 373 g/mol. The minimum absolute atomic E-state index is 0. The van der Waals surface area contributed by atoms with E-state index in [-0.39, 0.29) is 42.2 Å². The van der Waals surface area contributed by atoms with E-state index in [0.29, 0.717) is 0 Å². The lowest BCUT2D eigenvalue weighted by atomic mass is 9.79. The summed E-state index contributed by atoms with van der Waals surface area (Å²) in [4.78, 5) is 17.2. The van der Waals surface area contributed by atoms with Crippen LogP contribution in [0.15, 0.2) is 24.3 Å². The maximum absolute atomic E-state index is 12.9. The van der Waals surface area contributed by atoms with Crippen LogP contribution in [0.4, 0.5) is 0 Å². The van der Waals surface area contributed by atoms with Gasteiger partial charge in [0.1, 0.15) is 0 Å². The van der Waals surface area contributed by atoms with Gasteiger partial charge in [-0.1, -0.05) is 26.0 Å². The highest BCUT2D eigenvalue weighted by atomic mass is 35.5. The van der Waals surface area contributed by atoms with E-state index in [1.54, 1.807) is 0 Å². The fourth-order valence-electron chi connectivity index (χ4n) is 3.55. The molecule has 0 spiro atoms. The number of morpholine rings is 1. The lowest BCUT2D eigenvalue weighted by molar-refractivity contribution is 0.0341. The van der Waals surface area contributed by atoms with E-state index < -0.39 is 0 Å². The number of nitrogens with zero attached hydrogens (tertiary/aromatic N) is 2. The quantitative estimate of drug-likeness (QED) is 0.842. The van der Waals surface area contributed by atoms with Crippen molar-refractivity contribution in [2.45, 2.75) is 32.9 Å². The first-order chi connectivity index (χ1) is 11.5. The zero-order valence-corrected chi connectivity index (χ0v) is 17.3. The predicted molar refractivity (Wildman–Crippen MR) is 109 cm³/mol. The molecule has 2 aliphatic heterocycles. The third-order valence-electron chi connectivity index (χ3n) is 5.28. The van der Waals surface area contributed by atoms with Crippen molar-refractivity contribution in [1.82, 2.24) is 9.80 Å². The van der Waals surface area contributed by atoms with Gasteiger partial charge in [0.15, 0.2) is 0 Å². The number of hydrogen-bond acceptors (Lipinski definition) is 4. The van der Waals surface area contributed by atoms with Gasteiger partial charge >= 0.3 is 0 Å². The molecule has 26 heavy (non-hydrogen) atoms. The molecule has 2 saturated heterocycles. The average Bonchev–Trinajstić information content (AvgIpc) is 2.58. The number of carbonyl (C=O) groups excluding carboxylic acids is 1. The van der Waals surface area contributed by atoms with Gasteiger partial charge in [0.05, 0.1) is 13.2 Å². The molecule has 0 saturated carbocycles. The largest absolute Gasteiger partial charge is 0.379 e. The molecular formula is C19H31Cl2N3O2. The number of likely N-dealkylation sites (tertiary alicyclic amines) is 1. The molecule has 0 aromatic heterocycles. The van der Waals surface area contributed by atoms with Crippen molar-refractivity contribution in [3.63, 3.8) is 0 Å². The monoisotopic (exact) mass is 403 g/mol. The van der Waals surface area contributed by atoms with Crippen LogP contribution >= 0.6 is 24.8 Å². The first kappa shape index (κ1) is 23.2. The minimum atomic E-state index is -0.0285. The minimum Gasteiger partial charge on any atom is -0.379 e. The summed E-state index contributed by atoms with van der Waals surface area (Å²) in [5, 5.41) is 0. The summed E-state index contributed by atoms with van der Waals surface area (Å²) in [5.41, 5.74) is 8.13. The molecule has 7 heteroatoms. The van der Waals surface area contributed by atoms with E-state index >= 15 is 0 Å². The zero-order valence-electron chi connectivity index (χ0n) is 15.6. The van der Waals surface area contributed by atoms with Gasteiger partial charge in [-0.3, -0.25) is 9.69 Å². The second kappa shape index (κ2) is 9.90. The Labute approximate surface area is 169 Å². The Balaban J connectivity index is 0.00000169. The summed E-state index contributed by atoms with van der Waals surface area (Å²) in [6.07, 6.45) is 0.867. The van der Waals surface area contributed by atoms with Gasteiger partial charge in [0, 0.05) is 44.3 Å². The Morgan fingerprint density at radius 1 is 1.23 bits per heavy atom. The fourth-order valence-corrected chi connectivity index (χ4v) is 3.55. The number of carbonyl (C=O) groups is 1. The molecule has 148 valence electrons. The Bertz CT molecular complexity index is 592. The van der Waals surface area contributed by atoms with Crippen LogP contribution in [0.5, 0.6) is 0 Å². The zero-order chi connectivity index (χ0) is 17.2. The molecule has 1 aromatic carbocycles. The van der Waals surface area contributed by atoms with E-state index in [4.69, 9.17) is 10.5 Å². The highest BCUT2D eigenvalue weighted by Crippen LogP contribution is 2.28. The fraction of sp³-hybridized carbons (Fsp3) is 0.632. The molecule has 3 rings (SSSR count). The summed E-state index contributed by atoms with van der Waals surface area (Å²) in [6, 6.07) is 8.22. The van der Waals surface area contributed by atoms with Crippen LogP contribution in [-0.4, -0.2) is 61.1 Å². The average molecular weight is 404 g/mol. The first-order valence-electron chi connectivity index (χ1n) is 8.89. The number of piperidine rings is 1. The van der Waals surface area contributed by atoms with Crippen molar-refractivity contribution in [1.29, 1.82) is 0 Å². The molecule has 1 atom stereocenters. The van der Waals surface area contributed by atoms with Gasteiger partial charge in [-0.15, -0.1) is 24.8 Å². The number of hydrogen-bond donors (Lipinski definition) is 1. The molecule has 1 aromatic rings. The predicted octanol–water partition coefficient (Wildman–Crippen LogP) is 2.56. The normalized spacial score (nSPS) is 22.9. The lowest BCUT2D eigenvalue weighted by Crippen LogP contribution is -2.54. The number of rotatable bonds is 3. The summed E-state index contributed by atoms with van der Waals surface area (Å²) < 4.78 is 5.39. The molecule has 5 nitrogen and oxygen atoms in total. The molecule has 2 aliphatic rings. The third kappa shape index (κ3) is 5.57. The number of nitrogens with two attached hydrogens (primary N) is 1. The molecule has 2 fully saturated rings. The maximum atomic E-state index is 12.9. The Morgan fingerprint density at radius 3 is 2.58 bits per heavy atom. The lowest BCUT2D eigenvalue weighted by Gasteiger charge is -2.42. The Morgan fingerprint density at radius 2 is 1.92 bits per heavy atom. The van der Waals surface area contributed by atoms with Crippen molar-refractivity contribution in [2.75, 3.05) is 39.4 Å². The molecule has 0 bridgehead atoms. The van der Waals surface area contributed by atoms with Crippen LogP contribution in [0.25, 0.3) is 0 Å². The van der Waals surface area contributed by atoms with Crippen LogP contribution in [0.2, 0.25) is 0 Å². The summed E-state index contributed by atoms with van der Waals surface area (Å²) >= 11 is 0. The van der Waals surface area contributed by atoms with Crippen molar-refractivity contribution in [2.24, 2.45) is 11.1 Å². The second-order valence-corrected chi connectivity index (χ2v) is 7.70. The third-order valence-corrected chi connectivity index (χ3v) is 5.28. The molecule has 2 N–H and O–H groups in total. The second-order valence-electron chi connectivity index (χ2n) is 7.70. The van der Waals surface area contributed by atoms with Crippen LogP contribution in [-0.2, 0) is 11.3 Å². The summed E-state index contributed by atoms with van der Waals surface area (Å²) in [6.45, 7) is 10.1. The Kier molecular flexibility index (Phi) is 8.83. The van der Waals surface area contributed by atoms with Crippen LogP contribution in [0.1, 0.15) is 36.2 Å². The number of halogens is 2. The van der Waals surface area contributed by atoms with Crippen molar-refractivity contribution >= 4 is 30.7 Å². The maximum Gasteiger partial charge on any atom is 0.253 e. The van der Waals surface area contributed by atoms with Gasteiger partial charge < -0.3 is 15.4 Å². The van der Waals surface area contributed by atoms with Gasteiger partial charge in [0.2, 0.25) is 0 Å². The molecule has 2 heterocycles. The molecule has 1 unspecified atom stereocenters. The van der Waals surface area contributed by atoms with E-state index in [0.717, 1.165) is 57.9 Å². The smallest absolute Gasteiger partial charge is 0.253 e. The molecule has 0 aliphatic carbocycles. The van der Waals surface area contributed by atoms with E-state index in [1.807, 2.05) is 23.1 Å². The Hall–Kier alpha value is -0.850. The first-order valence-corrected chi connectivity index (χ1v) is 8.89. The topological polar surface area (TPSA) is 58.8 Å². The van der Waals surface area contributed by atoms with Crippen molar-refractivity contribution in [3.05, 3.63) is 35.4 Å². The standard InChI is InChI=1S/C19H29N3O2.2ClH/c1-19(2)14-22(7-6-17(19)20)18(23)16-5-3-4-15(12-16)13-21-8-10-24-11-9-21;;/h3-5,12,17H,6-11,13-14,20H2,1-2H3;2*1H.